The molecule has 0 heterocycles. The van der Waals surface area contributed by atoms with Crippen LogP contribution in [-0.4, -0.2) is 7.11 Å². The molecule has 2 aromatic carbocycles. The number of methoxy groups -OCH3 is 1. The zero-order chi connectivity index (χ0) is 14.5. The number of rotatable bonds is 5. The maximum absolute atomic E-state index is 5.95. The third kappa shape index (κ3) is 3.66. The largest absolute Gasteiger partial charge is 0.493 e. The first-order valence-corrected chi connectivity index (χ1v) is 7.25. The smallest absolute Gasteiger partial charge is 0.175 e. The monoisotopic (exact) mass is 355 g/mol. The predicted molar refractivity (Wildman–Crippen MR) is 84.4 cm³/mol. The lowest BCUT2D eigenvalue weighted by Crippen LogP contribution is -2.01. The molecule has 0 amide bonds. The van der Waals surface area contributed by atoms with Gasteiger partial charge in [0.1, 0.15) is 6.61 Å². The van der Waals surface area contributed by atoms with Gasteiger partial charge in [0, 0.05) is 11.6 Å². The van der Waals surface area contributed by atoms with E-state index in [1.54, 1.807) is 7.11 Å². The van der Waals surface area contributed by atoms with Crippen molar-refractivity contribution in [3.05, 3.63) is 57.0 Å². The molecule has 0 saturated carbocycles. The lowest BCUT2D eigenvalue weighted by Gasteiger charge is -2.14. The van der Waals surface area contributed by atoms with Crippen molar-refractivity contribution in [1.82, 2.24) is 0 Å². The first-order chi connectivity index (χ1) is 9.63. The van der Waals surface area contributed by atoms with E-state index in [0.29, 0.717) is 29.7 Å². The Balaban J connectivity index is 2.20. The van der Waals surface area contributed by atoms with Crippen LogP contribution in [0.4, 0.5) is 0 Å². The van der Waals surface area contributed by atoms with Gasteiger partial charge in [-0.15, -0.1) is 0 Å². The quantitative estimate of drug-likeness (QED) is 0.875. The van der Waals surface area contributed by atoms with Gasteiger partial charge in [-0.2, -0.15) is 0 Å². The van der Waals surface area contributed by atoms with Gasteiger partial charge in [0.15, 0.2) is 11.5 Å². The predicted octanol–water partition coefficient (Wildman–Crippen LogP) is 4.15. The maximum atomic E-state index is 5.95. The third-order valence-corrected chi connectivity index (χ3v) is 3.62. The number of nitrogens with two attached hydrogens (primary N) is 1. The van der Waals surface area contributed by atoms with Crippen LogP contribution in [-0.2, 0) is 13.2 Å². The number of benzene rings is 2. The van der Waals surface area contributed by atoms with E-state index >= 15 is 0 Å². The lowest BCUT2D eigenvalue weighted by molar-refractivity contribution is 0.282. The highest BCUT2D eigenvalue weighted by Crippen LogP contribution is 2.37. The van der Waals surface area contributed by atoms with E-state index in [0.717, 1.165) is 15.6 Å². The average molecular weight is 357 g/mol. The molecular weight excluding hydrogens is 342 g/mol. The Morgan fingerprint density at radius 1 is 1.20 bits per heavy atom. The van der Waals surface area contributed by atoms with Crippen molar-refractivity contribution in [2.24, 2.45) is 5.73 Å². The topological polar surface area (TPSA) is 44.5 Å². The summed E-state index contributed by atoms with van der Waals surface area (Å²) < 4.78 is 12.0. The van der Waals surface area contributed by atoms with Gasteiger partial charge in [-0.05, 0) is 51.3 Å². The van der Waals surface area contributed by atoms with Gasteiger partial charge in [-0.3, -0.25) is 0 Å². The van der Waals surface area contributed by atoms with Crippen molar-refractivity contribution < 1.29 is 9.47 Å². The van der Waals surface area contributed by atoms with Crippen LogP contribution in [0, 0.1) is 0 Å². The van der Waals surface area contributed by atoms with Crippen molar-refractivity contribution in [2.75, 3.05) is 7.11 Å². The molecule has 2 rings (SSSR count). The van der Waals surface area contributed by atoms with Gasteiger partial charge < -0.3 is 15.2 Å². The third-order valence-electron chi connectivity index (χ3n) is 2.80. The Morgan fingerprint density at radius 2 is 2.00 bits per heavy atom. The van der Waals surface area contributed by atoms with E-state index in [1.165, 1.54) is 0 Å². The highest BCUT2D eigenvalue weighted by Gasteiger charge is 2.11. The summed E-state index contributed by atoms with van der Waals surface area (Å²) in [5.74, 6) is 1.31. The van der Waals surface area contributed by atoms with E-state index in [4.69, 9.17) is 26.8 Å². The van der Waals surface area contributed by atoms with Gasteiger partial charge in [0.05, 0.1) is 11.6 Å². The van der Waals surface area contributed by atoms with Gasteiger partial charge in [0.25, 0.3) is 0 Å². The van der Waals surface area contributed by atoms with Crippen LogP contribution in [0.3, 0.4) is 0 Å². The molecule has 0 saturated heterocycles. The van der Waals surface area contributed by atoms with Crippen LogP contribution in [0.5, 0.6) is 11.5 Å². The SMILES string of the molecule is COc1cc(CN)cc(Br)c1OCc1cccc(Cl)c1. The van der Waals surface area contributed by atoms with Crippen molar-refractivity contribution in [1.29, 1.82) is 0 Å². The number of ether oxygens (including phenoxy) is 2. The fraction of sp³-hybridized carbons (Fsp3) is 0.200. The van der Waals surface area contributed by atoms with Crippen LogP contribution in [0.25, 0.3) is 0 Å². The van der Waals surface area contributed by atoms with E-state index in [-0.39, 0.29) is 0 Å². The summed E-state index contributed by atoms with van der Waals surface area (Å²) in [6.07, 6.45) is 0. The summed E-state index contributed by atoms with van der Waals surface area (Å²) in [6, 6.07) is 11.4. The molecule has 0 aromatic heterocycles. The van der Waals surface area contributed by atoms with Crippen LogP contribution >= 0.6 is 27.5 Å². The van der Waals surface area contributed by atoms with Gasteiger partial charge in [-0.25, -0.2) is 0 Å². The highest BCUT2D eigenvalue weighted by atomic mass is 79.9. The van der Waals surface area contributed by atoms with Gasteiger partial charge in [-0.1, -0.05) is 23.7 Å². The molecule has 20 heavy (non-hydrogen) atoms. The molecule has 0 aliphatic heterocycles. The Bertz CT molecular complexity index is 604. The first-order valence-electron chi connectivity index (χ1n) is 6.07. The maximum Gasteiger partial charge on any atom is 0.175 e. The standard InChI is InChI=1S/C15H15BrClNO2/c1-19-14-7-11(8-18)6-13(16)15(14)20-9-10-3-2-4-12(17)5-10/h2-7H,8-9,18H2,1H3. The van der Waals surface area contributed by atoms with Crippen LogP contribution < -0.4 is 15.2 Å². The minimum absolute atomic E-state index is 0.414. The van der Waals surface area contributed by atoms with E-state index in [9.17, 15) is 0 Å². The summed E-state index contributed by atoms with van der Waals surface area (Å²) in [6.45, 7) is 0.862. The molecule has 0 aliphatic carbocycles. The molecule has 0 unspecified atom stereocenters. The Morgan fingerprint density at radius 3 is 2.65 bits per heavy atom. The molecule has 0 aliphatic rings. The highest BCUT2D eigenvalue weighted by molar-refractivity contribution is 9.10. The molecule has 3 nitrogen and oxygen atoms in total. The summed E-state index contributed by atoms with van der Waals surface area (Å²) in [4.78, 5) is 0. The van der Waals surface area contributed by atoms with Crippen molar-refractivity contribution >= 4 is 27.5 Å². The summed E-state index contributed by atoms with van der Waals surface area (Å²) in [5, 5.41) is 0.690. The minimum Gasteiger partial charge on any atom is -0.493 e. The Hall–Kier alpha value is -1.23. The van der Waals surface area contributed by atoms with Gasteiger partial charge in [0.2, 0.25) is 0 Å². The summed E-state index contributed by atoms with van der Waals surface area (Å²) in [5.41, 5.74) is 7.61. The second-order valence-corrected chi connectivity index (χ2v) is 5.52. The second kappa shape index (κ2) is 6.97. The van der Waals surface area contributed by atoms with Crippen LogP contribution in [0.2, 0.25) is 5.02 Å². The zero-order valence-corrected chi connectivity index (χ0v) is 13.4. The molecule has 0 spiro atoms. The van der Waals surface area contributed by atoms with E-state index in [1.807, 2.05) is 36.4 Å². The zero-order valence-electron chi connectivity index (χ0n) is 11.0. The molecule has 5 heteroatoms. The molecule has 0 bridgehead atoms. The number of hydrogen-bond acceptors (Lipinski definition) is 3. The molecule has 0 radical (unpaired) electrons. The summed E-state index contributed by atoms with van der Waals surface area (Å²) >= 11 is 9.43. The van der Waals surface area contributed by atoms with E-state index < -0.39 is 0 Å². The molecule has 2 N–H and O–H groups in total. The van der Waals surface area contributed by atoms with Crippen molar-refractivity contribution in [2.45, 2.75) is 13.2 Å². The molecule has 0 atom stereocenters. The first kappa shape index (κ1) is 15.2. The van der Waals surface area contributed by atoms with Crippen LogP contribution in [0.15, 0.2) is 40.9 Å². The van der Waals surface area contributed by atoms with Crippen molar-refractivity contribution in [3.63, 3.8) is 0 Å². The molecule has 106 valence electrons. The average Bonchev–Trinajstić information content (AvgIpc) is 2.45. The van der Waals surface area contributed by atoms with E-state index in [2.05, 4.69) is 15.9 Å². The number of hydrogen-bond donors (Lipinski definition) is 1. The van der Waals surface area contributed by atoms with Crippen molar-refractivity contribution in [3.8, 4) is 11.5 Å². The van der Waals surface area contributed by atoms with Crippen LogP contribution in [0.1, 0.15) is 11.1 Å². The normalized spacial score (nSPS) is 10.4. The summed E-state index contributed by atoms with van der Waals surface area (Å²) in [7, 11) is 1.61. The van der Waals surface area contributed by atoms with Gasteiger partial charge >= 0.3 is 0 Å². The number of halogens is 2. The minimum atomic E-state index is 0.414. The Kier molecular flexibility index (Phi) is 5.29. The fourth-order valence-electron chi connectivity index (χ4n) is 1.81. The second-order valence-electron chi connectivity index (χ2n) is 4.23. The molecular formula is C15H15BrClNO2. The molecule has 2 aromatic rings. The fourth-order valence-corrected chi connectivity index (χ4v) is 2.63. The molecule has 0 fully saturated rings. The lowest BCUT2D eigenvalue weighted by atomic mass is 10.2. The Labute approximate surface area is 131 Å².